The molecule has 2 N–H and O–H groups in total. The fraction of sp³-hybridized carbons (Fsp3) is 0.333. The number of rotatable bonds is 10. The maximum absolute atomic E-state index is 13.0. The van der Waals surface area contributed by atoms with E-state index in [9.17, 15) is 23.1 Å². The SMILES string of the molecule is CCn1nc(C)c(CCN(C)c2ncc(C(=O)O)cc2NS(=O)(=O)c2ccc(C(C)=O)cc2)c1C. The Bertz CT molecular complexity index is 1360. The normalized spacial score (nSPS) is 11.3. The highest BCUT2D eigenvalue weighted by Gasteiger charge is 2.21. The fourth-order valence-electron chi connectivity index (χ4n) is 3.82. The van der Waals surface area contributed by atoms with E-state index in [1.54, 1.807) is 11.9 Å². The van der Waals surface area contributed by atoms with E-state index in [4.69, 9.17) is 0 Å². The van der Waals surface area contributed by atoms with Crippen molar-refractivity contribution in [3.05, 3.63) is 64.6 Å². The molecule has 186 valence electrons. The molecule has 0 saturated carbocycles. The van der Waals surface area contributed by atoms with E-state index >= 15 is 0 Å². The first-order chi connectivity index (χ1) is 16.4. The highest BCUT2D eigenvalue weighted by atomic mass is 32.2. The van der Waals surface area contributed by atoms with Crippen LogP contribution in [0.15, 0.2) is 41.4 Å². The van der Waals surface area contributed by atoms with Crippen molar-refractivity contribution >= 4 is 33.3 Å². The molecule has 0 bridgehead atoms. The Hall–Kier alpha value is -3.73. The van der Waals surface area contributed by atoms with Gasteiger partial charge in [0.1, 0.15) is 0 Å². The summed E-state index contributed by atoms with van der Waals surface area (Å²) in [5, 5.41) is 13.9. The van der Waals surface area contributed by atoms with Gasteiger partial charge in [-0.15, -0.1) is 0 Å². The molecule has 2 aromatic heterocycles. The number of pyridine rings is 1. The molecule has 10 nitrogen and oxygen atoms in total. The number of anilines is 2. The van der Waals surface area contributed by atoms with Gasteiger partial charge in [0, 0.05) is 37.6 Å². The maximum Gasteiger partial charge on any atom is 0.337 e. The molecule has 0 amide bonds. The highest BCUT2D eigenvalue weighted by molar-refractivity contribution is 7.92. The number of carboxylic acid groups (broad SMARTS) is 1. The predicted molar refractivity (Wildman–Crippen MR) is 133 cm³/mol. The molecule has 11 heteroatoms. The lowest BCUT2D eigenvalue weighted by Crippen LogP contribution is -2.25. The molecule has 0 spiro atoms. The number of carbonyl (C=O) groups excluding carboxylic acids is 1. The van der Waals surface area contributed by atoms with E-state index in [0.29, 0.717) is 18.5 Å². The number of sulfonamides is 1. The minimum atomic E-state index is -4.07. The molecule has 0 atom stereocenters. The lowest BCUT2D eigenvalue weighted by molar-refractivity contribution is 0.0696. The van der Waals surface area contributed by atoms with Gasteiger partial charge < -0.3 is 10.0 Å². The molecule has 0 fully saturated rings. The van der Waals surface area contributed by atoms with Crippen LogP contribution in [0.4, 0.5) is 11.5 Å². The van der Waals surface area contributed by atoms with Crippen LogP contribution in [0.5, 0.6) is 0 Å². The van der Waals surface area contributed by atoms with E-state index in [0.717, 1.165) is 23.5 Å². The Labute approximate surface area is 204 Å². The van der Waals surface area contributed by atoms with Crippen LogP contribution in [0.2, 0.25) is 0 Å². The van der Waals surface area contributed by atoms with E-state index in [1.807, 2.05) is 25.5 Å². The summed E-state index contributed by atoms with van der Waals surface area (Å²) in [5.74, 6) is -1.12. The van der Waals surface area contributed by atoms with Crippen LogP contribution in [0, 0.1) is 13.8 Å². The molecule has 2 heterocycles. The van der Waals surface area contributed by atoms with Crippen LogP contribution in [0.1, 0.15) is 51.5 Å². The zero-order valence-electron chi connectivity index (χ0n) is 20.4. The van der Waals surface area contributed by atoms with Gasteiger partial charge in [0.15, 0.2) is 11.6 Å². The van der Waals surface area contributed by atoms with Crippen LogP contribution in [0.3, 0.4) is 0 Å². The van der Waals surface area contributed by atoms with Gasteiger partial charge in [-0.05, 0) is 57.9 Å². The second-order valence-corrected chi connectivity index (χ2v) is 9.91. The molecular weight excluding hydrogens is 470 g/mol. The molecule has 0 radical (unpaired) electrons. The van der Waals surface area contributed by atoms with Crippen molar-refractivity contribution in [2.45, 2.75) is 45.6 Å². The van der Waals surface area contributed by atoms with Crippen LogP contribution in [-0.2, 0) is 23.0 Å². The first-order valence-corrected chi connectivity index (χ1v) is 12.5. The monoisotopic (exact) mass is 499 g/mol. The maximum atomic E-state index is 13.0. The third-order valence-electron chi connectivity index (χ3n) is 5.82. The smallest absolute Gasteiger partial charge is 0.337 e. The molecule has 0 saturated heterocycles. The first kappa shape index (κ1) is 25.9. The van der Waals surface area contributed by atoms with Crippen LogP contribution >= 0.6 is 0 Å². The number of hydrogen-bond acceptors (Lipinski definition) is 7. The average molecular weight is 500 g/mol. The predicted octanol–water partition coefficient (Wildman–Crippen LogP) is 3.30. The van der Waals surface area contributed by atoms with E-state index in [1.165, 1.54) is 43.5 Å². The zero-order valence-corrected chi connectivity index (χ0v) is 21.2. The summed E-state index contributed by atoms with van der Waals surface area (Å²) >= 11 is 0. The van der Waals surface area contributed by atoms with Crippen molar-refractivity contribution in [3.8, 4) is 0 Å². The molecule has 0 aliphatic heterocycles. The summed E-state index contributed by atoms with van der Waals surface area (Å²) < 4.78 is 30.5. The summed E-state index contributed by atoms with van der Waals surface area (Å²) in [6.45, 7) is 8.64. The Balaban J connectivity index is 1.91. The quantitative estimate of drug-likeness (QED) is 0.406. The van der Waals surface area contributed by atoms with Gasteiger partial charge in [-0.25, -0.2) is 18.2 Å². The molecule has 3 rings (SSSR count). The van der Waals surface area contributed by atoms with E-state index in [-0.39, 0.29) is 27.7 Å². The van der Waals surface area contributed by atoms with E-state index in [2.05, 4.69) is 14.8 Å². The van der Waals surface area contributed by atoms with Gasteiger partial charge in [0.2, 0.25) is 0 Å². The van der Waals surface area contributed by atoms with Crippen molar-refractivity contribution in [1.29, 1.82) is 0 Å². The van der Waals surface area contributed by atoms with Crippen LogP contribution in [-0.4, -0.2) is 53.6 Å². The average Bonchev–Trinajstić information content (AvgIpc) is 3.09. The largest absolute Gasteiger partial charge is 0.478 e. The second-order valence-electron chi connectivity index (χ2n) is 8.22. The van der Waals surface area contributed by atoms with Gasteiger partial charge in [-0.3, -0.25) is 14.2 Å². The lowest BCUT2D eigenvalue weighted by Gasteiger charge is -2.22. The lowest BCUT2D eigenvalue weighted by atomic mass is 10.1. The molecule has 0 unspecified atom stereocenters. The number of nitrogens with one attached hydrogen (secondary N) is 1. The van der Waals surface area contributed by atoms with Crippen molar-refractivity contribution in [2.24, 2.45) is 0 Å². The van der Waals surface area contributed by atoms with Crippen LogP contribution in [0.25, 0.3) is 0 Å². The first-order valence-electron chi connectivity index (χ1n) is 11.1. The van der Waals surface area contributed by atoms with Crippen molar-refractivity contribution in [3.63, 3.8) is 0 Å². The van der Waals surface area contributed by atoms with Crippen molar-refractivity contribution in [2.75, 3.05) is 23.2 Å². The van der Waals surface area contributed by atoms with Gasteiger partial charge in [0.25, 0.3) is 10.0 Å². The summed E-state index contributed by atoms with van der Waals surface area (Å²) in [7, 11) is -2.31. The number of benzene rings is 1. The number of hydrogen-bond donors (Lipinski definition) is 2. The second kappa shape index (κ2) is 10.3. The highest BCUT2D eigenvalue weighted by Crippen LogP contribution is 2.27. The van der Waals surface area contributed by atoms with E-state index < -0.39 is 16.0 Å². The topological polar surface area (TPSA) is 134 Å². The third-order valence-corrected chi connectivity index (χ3v) is 7.20. The molecule has 1 aromatic carbocycles. The summed E-state index contributed by atoms with van der Waals surface area (Å²) in [5.41, 5.74) is 3.39. The Kier molecular flexibility index (Phi) is 7.59. The number of ketones is 1. The van der Waals surface area contributed by atoms with Gasteiger partial charge >= 0.3 is 5.97 Å². The summed E-state index contributed by atoms with van der Waals surface area (Å²) in [6.07, 6.45) is 1.84. The minimum absolute atomic E-state index is 0.0424. The van der Waals surface area contributed by atoms with Gasteiger partial charge in [-0.2, -0.15) is 5.10 Å². The van der Waals surface area contributed by atoms with Gasteiger partial charge in [-0.1, -0.05) is 12.1 Å². The molecule has 0 aliphatic rings. The number of Topliss-reactive ketones (excluding diaryl/α,β-unsaturated/α-hetero) is 1. The summed E-state index contributed by atoms with van der Waals surface area (Å²) in [4.78, 5) is 29.0. The Morgan fingerprint density at radius 2 is 1.80 bits per heavy atom. The standard InChI is InChI=1S/C24H29N5O5S/c1-6-29-16(3)21(15(2)26-29)11-12-28(5)23-22(13-19(14-25-23)24(31)32)27-35(33,34)20-9-7-18(8-10-20)17(4)30/h7-10,13-14,27H,6,11-12H2,1-5H3,(H,31,32). The number of carbonyl (C=O) groups is 2. The number of likely N-dealkylation sites (N-methyl/N-ethyl adjacent to an activating group) is 1. The number of nitrogens with zero attached hydrogens (tertiary/aromatic N) is 4. The Morgan fingerprint density at radius 3 is 2.34 bits per heavy atom. The van der Waals surface area contributed by atoms with Crippen molar-refractivity contribution in [1.82, 2.24) is 14.8 Å². The molecular formula is C24H29N5O5S. The van der Waals surface area contributed by atoms with Crippen LogP contribution < -0.4 is 9.62 Å². The molecule has 35 heavy (non-hydrogen) atoms. The third kappa shape index (κ3) is 5.68. The number of aryl methyl sites for hydroxylation is 2. The minimum Gasteiger partial charge on any atom is -0.478 e. The number of carboxylic acids is 1. The number of aromatic nitrogens is 3. The van der Waals surface area contributed by atoms with Gasteiger partial charge in [0.05, 0.1) is 21.8 Å². The zero-order chi connectivity index (χ0) is 25.9. The Morgan fingerprint density at radius 1 is 1.14 bits per heavy atom. The molecule has 0 aliphatic carbocycles. The van der Waals surface area contributed by atoms with Crippen molar-refractivity contribution < 1.29 is 23.1 Å². The number of aromatic carboxylic acids is 1. The molecule has 3 aromatic rings. The summed E-state index contributed by atoms with van der Waals surface area (Å²) in [6, 6.07) is 6.75. The fourth-order valence-corrected chi connectivity index (χ4v) is 4.87.